The average Bonchev–Trinajstić information content (AvgIpc) is 3.43. The highest BCUT2D eigenvalue weighted by atomic mass is 16.5. The molecule has 0 spiro atoms. The minimum atomic E-state index is -0.488. The topological polar surface area (TPSA) is 56.5 Å². The van der Waals surface area contributed by atoms with Crippen LogP contribution in [0.3, 0.4) is 0 Å². The fourth-order valence-corrected chi connectivity index (χ4v) is 10.0. The number of fused-ring (bicyclic) bond motifs is 6. The Kier molecular flexibility index (Phi) is 6.19. The average molecular weight is 495 g/mol. The van der Waals surface area contributed by atoms with Crippen molar-refractivity contribution in [3.63, 3.8) is 0 Å². The summed E-state index contributed by atoms with van der Waals surface area (Å²) in [5.41, 5.74) is 1.22. The van der Waals surface area contributed by atoms with Gasteiger partial charge >= 0.3 is 0 Å². The minimum Gasteiger partial charge on any atom is -0.494 e. The van der Waals surface area contributed by atoms with Gasteiger partial charge in [0.15, 0.2) is 0 Å². The number of rotatable bonds is 6. The minimum absolute atomic E-state index is 0.285. The molecule has 2 aromatic rings. The standard InChI is InChI=1S/C31H46N2O3/c1-29(34)15-16-31(20-35-3)23(18-29)8-10-24-25-11-9-22(30(25,2)14-12-26(24)31)13-17-33-19-21-6-5-7-27(36-4)28(21)32-33/h5-7,19,22-26,34H,8-18,20H2,1-4H3/t22-,23+,24+,25+,26+,29-,30-,31-/m1/s1. The van der Waals surface area contributed by atoms with Gasteiger partial charge in [-0.2, -0.15) is 5.10 Å². The summed E-state index contributed by atoms with van der Waals surface area (Å²) in [5, 5.41) is 16.9. The highest BCUT2D eigenvalue weighted by molar-refractivity contribution is 5.84. The molecule has 4 aliphatic rings. The van der Waals surface area contributed by atoms with E-state index in [2.05, 4.69) is 30.8 Å². The van der Waals surface area contributed by atoms with Crippen LogP contribution < -0.4 is 4.74 Å². The van der Waals surface area contributed by atoms with Gasteiger partial charge in [0, 0.05) is 25.2 Å². The van der Waals surface area contributed by atoms with Gasteiger partial charge in [-0.1, -0.05) is 19.1 Å². The Balaban J connectivity index is 1.19. The first-order chi connectivity index (χ1) is 17.3. The molecule has 5 nitrogen and oxygen atoms in total. The third kappa shape index (κ3) is 3.83. The molecule has 8 atom stereocenters. The van der Waals surface area contributed by atoms with Crippen LogP contribution in [0.2, 0.25) is 0 Å². The maximum Gasteiger partial charge on any atom is 0.146 e. The normalized spacial score (nSPS) is 42.1. The first-order valence-corrected chi connectivity index (χ1v) is 14.5. The Morgan fingerprint density at radius 2 is 1.89 bits per heavy atom. The quantitative estimate of drug-likeness (QED) is 0.500. The van der Waals surface area contributed by atoms with Crippen LogP contribution in [0, 0.1) is 40.4 Å². The summed E-state index contributed by atoms with van der Waals surface area (Å²) in [6.45, 7) is 6.57. The van der Waals surface area contributed by atoms with Crippen LogP contribution in [0.15, 0.2) is 24.4 Å². The lowest BCUT2D eigenvalue weighted by Crippen LogP contribution is -2.58. The van der Waals surface area contributed by atoms with Crippen LogP contribution in [0.4, 0.5) is 0 Å². The number of ether oxygens (including phenoxy) is 2. The molecule has 36 heavy (non-hydrogen) atoms. The monoisotopic (exact) mass is 494 g/mol. The fraction of sp³-hybridized carbons (Fsp3) is 0.774. The summed E-state index contributed by atoms with van der Waals surface area (Å²) >= 11 is 0. The van der Waals surface area contributed by atoms with Gasteiger partial charge in [-0.3, -0.25) is 4.68 Å². The second-order valence-electron chi connectivity index (χ2n) is 13.4. The molecular weight excluding hydrogens is 448 g/mol. The van der Waals surface area contributed by atoms with Crippen molar-refractivity contribution in [3.8, 4) is 5.75 Å². The number of hydrogen-bond acceptors (Lipinski definition) is 4. The van der Waals surface area contributed by atoms with Crippen LogP contribution in [0.1, 0.15) is 78.1 Å². The van der Waals surface area contributed by atoms with Crippen molar-refractivity contribution in [3.05, 3.63) is 24.4 Å². The summed E-state index contributed by atoms with van der Waals surface area (Å²) < 4.78 is 13.6. The van der Waals surface area contributed by atoms with E-state index in [-0.39, 0.29) is 5.41 Å². The Bertz CT molecular complexity index is 1090. The molecule has 4 aliphatic carbocycles. The zero-order valence-corrected chi connectivity index (χ0v) is 22.8. The van der Waals surface area contributed by atoms with Crippen molar-refractivity contribution in [2.45, 2.75) is 90.2 Å². The van der Waals surface area contributed by atoms with E-state index in [0.717, 1.165) is 72.7 Å². The third-order valence-corrected chi connectivity index (χ3v) is 11.7. The largest absolute Gasteiger partial charge is 0.494 e. The number of aromatic nitrogens is 2. The van der Waals surface area contributed by atoms with Gasteiger partial charge in [-0.15, -0.1) is 0 Å². The maximum absolute atomic E-state index is 10.9. The number of hydrogen-bond donors (Lipinski definition) is 1. The molecule has 1 N–H and O–H groups in total. The number of methoxy groups -OCH3 is 2. The molecule has 0 radical (unpaired) electrons. The van der Waals surface area contributed by atoms with E-state index in [1.807, 2.05) is 19.2 Å². The number of aliphatic hydroxyl groups is 1. The predicted octanol–water partition coefficient (Wildman–Crippen LogP) is 6.47. The predicted molar refractivity (Wildman–Crippen MR) is 143 cm³/mol. The molecule has 1 aromatic carbocycles. The molecule has 0 amide bonds. The Morgan fingerprint density at radius 3 is 2.69 bits per heavy atom. The molecular formula is C31H46N2O3. The molecule has 5 heteroatoms. The first kappa shape index (κ1) is 24.7. The van der Waals surface area contributed by atoms with E-state index in [9.17, 15) is 5.11 Å². The van der Waals surface area contributed by atoms with E-state index in [4.69, 9.17) is 14.6 Å². The molecule has 0 bridgehead atoms. The highest BCUT2D eigenvalue weighted by Gasteiger charge is 2.62. The third-order valence-electron chi connectivity index (χ3n) is 11.7. The molecule has 1 aromatic heterocycles. The lowest BCUT2D eigenvalue weighted by atomic mass is 9.43. The smallest absolute Gasteiger partial charge is 0.146 e. The number of aryl methyl sites for hydroxylation is 1. The van der Waals surface area contributed by atoms with Gasteiger partial charge in [0.2, 0.25) is 0 Å². The zero-order chi connectivity index (χ0) is 25.1. The van der Waals surface area contributed by atoms with Crippen LogP contribution in [0.5, 0.6) is 5.75 Å². The lowest BCUT2D eigenvalue weighted by Gasteiger charge is -2.62. The summed E-state index contributed by atoms with van der Waals surface area (Å²) in [7, 11) is 3.62. The van der Waals surface area contributed by atoms with Crippen molar-refractivity contribution in [2.24, 2.45) is 40.4 Å². The fourth-order valence-electron chi connectivity index (χ4n) is 10.0. The van der Waals surface area contributed by atoms with E-state index in [1.165, 1.54) is 44.9 Å². The van der Waals surface area contributed by atoms with E-state index in [1.54, 1.807) is 7.11 Å². The van der Waals surface area contributed by atoms with E-state index in [0.29, 0.717) is 11.3 Å². The summed E-state index contributed by atoms with van der Waals surface area (Å²) in [6, 6.07) is 6.18. The molecule has 0 saturated heterocycles. The first-order valence-electron chi connectivity index (χ1n) is 14.5. The van der Waals surface area contributed by atoms with Gasteiger partial charge in [0.05, 0.1) is 19.3 Å². The van der Waals surface area contributed by atoms with Gasteiger partial charge in [0.25, 0.3) is 0 Å². The highest BCUT2D eigenvalue weighted by Crippen LogP contribution is 2.68. The Hall–Kier alpha value is -1.59. The molecule has 4 saturated carbocycles. The van der Waals surface area contributed by atoms with Gasteiger partial charge < -0.3 is 14.6 Å². The molecule has 0 aliphatic heterocycles. The van der Waals surface area contributed by atoms with Crippen molar-refractivity contribution in [2.75, 3.05) is 20.8 Å². The van der Waals surface area contributed by atoms with Gasteiger partial charge in [-0.05, 0) is 118 Å². The summed E-state index contributed by atoms with van der Waals surface area (Å²) in [4.78, 5) is 0. The van der Waals surface area contributed by atoms with Crippen molar-refractivity contribution in [1.82, 2.24) is 9.78 Å². The van der Waals surface area contributed by atoms with Crippen LogP contribution in [0.25, 0.3) is 10.9 Å². The van der Waals surface area contributed by atoms with Crippen molar-refractivity contribution in [1.29, 1.82) is 0 Å². The van der Waals surface area contributed by atoms with E-state index >= 15 is 0 Å². The van der Waals surface area contributed by atoms with Crippen LogP contribution in [-0.2, 0) is 11.3 Å². The number of nitrogens with zero attached hydrogens (tertiary/aromatic N) is 2. The van der Waals surface area contributed by atoms with Crippen LogP contribution >= 0.6 is 0 Å². The molecule has 0 unspecified atom stereocenters. The second kappa shape index (κ2) is 9.01. The molecule has 6 rings (SSSR count). The van der Waals surface area contributed by atoms with Crippen molar-refractivity contribution < 1.29 is 14.6 Å². The van der Waals surface area contributed by atoms with Crippen molar-refractivity contribution >= 4 is 10.9 Å². The lowest BCUT2D eigenvalue weighted by molar-refractivity contribution is -0.174. The van der Waals surface area contributed by atoms with Gasteiger partial charge in [0.1, 0.15) is 11.3 Å². The molecule has 198 valence electrons. The summed E-state index contributed by atoms with van der Waals surface area (Å²) in [6.07, 6.45) is 14.5. The van der Waals surface area contributed by atoms with Gasteiger partial charge in [-0.25, -0.2) is 0 Å². The Labute approximate surface area is 216 Å². The SMILES string of the molecule is COC[C@]12CC[C@@](C)(O)C[C@@H]1CC[C@H]1[C@@H]3CC[C@H](CCn4cc5cccc(OC)c5n4)[C@@]3(C)CC[C@@H]12. The summed E-state index contributed by atoms with van der Waals surface area (Å²) in [5.74, 6) is 4.71. The Morgan fingerprint density at radius 1 is 1.03 bits per heavy atom. The van der Waals surface area contributed by atoms with E-state index < -0.39 is 5.60 Å². The number of benzene rings is 1. The van der Waals surface area contributed by atoms with Crippen LogP contribution in [-0.4, -0.2) is 41.3 Å². The maximum atomic E-state index is 10.9. The molecule has 4 fully saturated rings. The molecule has 1 heterocycles. The second-order valence-corrected chi connectivity index (χ2v) is 13.4. The zero-order valence-electron chi connectivity index (χ0n) is 22.8.